The largest absolute Gasteiger partial charge is 0.0876 e. The van der Waals surface area contributed by atoms with Crippen molar-refractivity contribution in [2.45, 2.75) is 148 Å². The van der Waals surface area contributed by atoms with Crippen molar-refractivity contribution >= 4 is 0 Å². The maximum absolute atomic E-state index is 2.71. The molecule has 0 amide bonds. The Morgan fingerprint density at radius 1 is 0.167 bits per heavy atom. The highest BCUT2D eigenvalue weighted by atomic mass is 14.5. The Balaban J connectivity index is 1.22. The Morgan fingerprint density at radius 3 is 0.352 bits per heavy atom. The van der Waals surface area contributed by atoms with Gasteiger partial charge in [0.25, 0.3) is 0 Å². The zero-order valence-corrected chi connectivity index (χ0v) is 32.6. The van der Waals surface area contributed by atoms with Gasteiger partial charge < -0.3 is 0 Å². The van der Waals surface area contributed by atoms with Crippen LogP contribution in [-0.2, 0) is 32.5 Å². The lowest BCUT2D eigenvalue weighted by atomic mass is 9.65. The fraction of sp³-hybridized carbons (Fsp3) is 0.444. The molecule has 0 heteroatoms. The topological polar surface area (TPSA) is 0 Å². The number of benzene rings is 2. The molecular formula is C54H60. The maximum Gasteiger partial charge on any atom is 0.00565 e. The third kappa shape index (κ3) is 5.68. The summed E-state index contributed by atoms with van der Waals surface area (Å²) in [5, 5.41) is 0. The molecule has 2 aromatic rings. The van der Waals surface area contributed by atoms with E-state index in [4.69, 9.17) is 0 Å². The number of allylic oxidation sites excluding steroid dienone is 18. The van der Waals surface area contributed by atoms with Crippen LogP contribution in [0.15, 0.2) is 146 Å². The molecule has 2 aromatic carbocycles. The van der Waals surface area contributed by atoms with E-state index in [9.17, 15) is 0 Å². The van der Waals surface area contributed by atoms with Crippen molar-refractivity contribution in [2.75, 3.05) is 0 Å². The zero-order chi connectivity index (χ0) is 36.2. The molecule has 0 aromatic heterocycles. The number of hydrogen-bond donors (Lipinski definition) is 0. The fourth-order valence-electron chi connectivity index (χ4n) is 12.3. The molecule has 0 nitrogen and oxygen atoms in total. The highest BCUT2D eigenvalue weighted by Gasteiger charge is 2.43. The molecule has 0 radical (unpaired) electrons. The van der Waals surface area contributed by atoms with Crippen molar-refractivity contribution in [1.82, 2.24) is 0 Å². The van der Waals surface area contributed by atoms with Crippen LogP contribution in [0.3, 0.4) is 0 Å². The quantitative estimate of drug-likeness (QED) is 0.239. The van der Waals surface area contributed by atoms with Crippen molar-refractivity contribution in [3.8, 4) is 0 Å². The second-order valence-electron chi connectivity index (χ2n) is 19.2. The molecule has 9 aliphatic rings. The molecule has 0 saturated carbocycles. The van der Waals surface area contributed by atoms with Crippen LogP contribution in [0, 0.1) is 0 Å². The summed E-state index contributed by atoms with van der Waals surface area (Å²) in [6.07, 6.45) is 65.9. The minimum atomic E-state index is 0.127. The first-order valence-corrected chi connectivity index (χ1v) is 21.7. The lowest BCUT2D eigenvalue weighted by Gasteiger charge is -2.39. The minimum Gasteiger partial charge on any atom is -0.0876 e. The van der Waals surface area contributed by atoms with Crippen molar-refractivity contribution in [2.24, 2.45) is 0 Å². The van der Waals surface area contributed by atoms with E-state index in [-0.39, 0.29) is 32.5 Å². The van der Waals surface area contributed by atoms with E-state index in [2.05, 4.69) is 146 Å². The molecule has 0 heterocycles. The van der Waals surface area contributed by atoms with Gasteiger partial charge in [0, 0.05) is 32.5 Å². The Hall–Kier alpha value is -3.90. The van der Waals surface area contributed by atoms with E-state index < -0.39 is 0 Å². The number of fused-ring (bicyclic) bond motifs is 6. The van der Waals surface area contributed by atoms with E-state index in [0.29, 0.717) is 0 Å². The predicted octanol–water partition coefficient (Wildman–Crippen LogP) is 13.9. The molecule has 6 bridgehead atoms. The standard InChI is InChI=1S/C54H60/c1-2-20-49(19-1)31-13-14-32-52(25-7-8-26-52)46-40-47-42-48(41-46)54(29-11-12-30-54)36-18-16-34-51(23-5-6-24-51)45-38-43(49)37-44(39-45)50(21-3-4-22-50)33-15-17-35-53(47)27-9-10-28-53/h1-18,37-42H,19-36H2/b14-13-,17-15-,18-16-. The lowest BCUT2D eigenvalue weighted by Crippen LogP contribution is -2.30. The molecule has 11 rings (SSSR count). The Bertz CT molecular complexity index is 1610. The molecule has 6 spiro atoms. The summed E-state index contributed by atoms with van der Waals surface area (Å²) in [5.74, 6) is 0. The third-order valence-corrected chi connectivity index (χ3v) is 16.2. The van der Waals surface area contributed by atoms with E-state index in [1.807, 2.05) is 0 Å². The average Bonchev–Trinajstić information content (AvgIpc) is 4.06. The fourth-order valence-corrected chi connectivity index (χ4v) is 12.3. The molecule has 0 atom stereocenters. The van der Waals surface area contributed by atoms with Gasteiger partial charge >= 0.3 is 0 Å². The SMILES string of the molecule is C1=CCC2(C1)C/C=C\CC1(CC=CC1)c1cc3cc(c1)C1(CC=CC1)C/C=C\CC1(CC=CC1)c1cc2cc(c1)C1(CC=CC1)C/C=C\CC31CC=CC1. The van der Waals surface area contributed by atoms with Crippen molar-refractivity contribution in [3.63, 3.8) is 0 Å². The van der Waals surface area contributed by atoms with Crippen LogP contribution in [0.2, 0.25) is 0 Å². The van der Waals surface area contributed by atoms with Gasteiger partial charge in [-0.2, -0.15) is 0 Å². The average molecular weight is 709 g/mol. The second kappa shape index (κ2) is 13.4. The summed E-state index contributed by atoms with van der Waals surface area (Å²) in [6, 6.07) is 16.3. The van der Waals surface area contributed by atoms with Crippen LogP contribution in [0.1, 0.15) is 149 Å². The van der Waals surface area contributed by atoms with Crippen LogP contribution in [-0.4, -0.2) is 0 Å². The van der Waals surface area contributed by atoms with Crippen molar-refractivity contribution in [1.29, 1.82) is 0 Å². The Labute approximate surface area is 326 Å². The van der Waals surface area contributed by atoms with Gasteiger partial charge in [0.2, 0.25) is 0 Å². The van der Waals surface area contributed by atoms with Crippen LogP contribution in [0.5, 0.6) is 0 Å². The van der Waals surface area contributed by atoms with Gasteiger partial charge in [-0.1, -0.05) is 146 Å². The molecule has 276 valence electrons. The van der Waals surface area contributed by atoms with E-state index in [1.54, 1.807) is 33.4 Å². The Morgan fingerprint density at radius 2 is 0.259 bits per heavy atom. The van der Waals surface area contributed by atoms with Gasteiger partial charge in [-0.3, -0.25) is 0 Å². The van der Waals surface area contributed by atoms with Gasteiger partial charge in [-0.25, -0.2) is 0 Å². The first kappa shape index (κ1) is 34.6. The molecule has 54 heavy (non-hydrogen) atoms. The summed E-state index contributed by atoms with van der Waals surface area (Å²) in [5.41, 5.74) is 10.3. The smallest absolute Gasteiger partial charge is 0.00565 e. The highest BCUT2D eigenvalue weighted by Crippen LogP contribution is 2.53. The molecule has 0 aliphatic heterocycles. The van der Waals surface area contributed by atoms with Crippen molar-refractivity contribution < 1.29 is 0 Å². The minimum absolute atomic E-state index is 0.127. The van der Waals surface area contributed by atoms with E-state index in [0.717, 1.165) is 116 Å². The van der Waals surface area contributed by atoms with Crippen LogP contribution in [0.25, 0.3) is 0 Å². The molecule has 0 saturated heterocycles. The highest BCUT2D eigenvalue weighted by molar-refractivity contribution is 5.49. The van der Waals surface area contributed by atoms with Crippen molar-refractivity contribution in [3.05, 3.63) is 179 Å². The van der Waals surface area contributed by atoms with E-state index in [1.165, 1.54) is 0 Å². The first-order valence-electron chi connectivity index (χ1n) is 21.7. The van der Waals surface area contributed by atoms with Crippen LogP contribution >= 0.6 is 0 Å². The summed E-state index contributed by atoms with van der Waals surface area (Å²) in [6.45, 7) is 0. The first-order chi connectivity index (χ1) is 26.5. The molecule has 0 unspecified atom stereocenters. The molecular weight excluding hydrogens is 649 g/mol. The van der Waals surface area contributed by atoms with Gasteiger partial charge in [0.1, 0.15) is 0 Å². The molecule has 0 fully saturated rings. The second-order valence-corrected chi connectivity index (χ2v) is 19.2. The van der Waals surface area contributed by atoms with Gasteiger partial charge in [-0.15, -0.1) is 0 Å². The predicted molar refractivity (Wildman–Crippen MR) is 228 cm³/mol. The summed E-state index contributed by atoms with van der Waals surface area (Å²) in [4.78, 5) is 0. The summed E-state index contributed by atoms with van der Waals surface area (Å²) < 4.78 is 0. The van der Waals surface area contributed by atoms with Gasteiger partial charge in [0.15, 0.2) is 0 Å². The number of hydrogen-bond acceptors (Lipinski definition) is 0. The van der Waals surface area contributed by atoms with Gasteiger partial charge in [0.05, 0.1) is 0 Å². The molecule has 9 aliphatic carbocycles. The number of rotatable bonds is 0. The summed E-state index contributed by atoms with van der Waals surface area (Å²) >= 11 is 0. The van der Waals surface area contributed by atoms with E-state index >= 15 is 0 Å². The monoisotopic (exact) mass is 708 g/mol. The maximum atomic E-state index is 2.71. The normalized spacial score (nSPS) is 28.7. The third-order valence-electron chi connectivity index (χ3n) is 16.2. The van der Waals surface area contributed by atoms with Crippen LogP contribution < -0.4 is 0 Å². The zero-order valence-electron chi connectivity index (χ0n) is 32.6. The lowest BCUT2D eigenvalue weighted by molar-refractivity contribution is 0.420. The molecule has 0 N–H and O–H groups in total. The summed E-state index contributed by atoms with van der Waals surface area (Å²) in [7, 11) is 0. The Kier molecular flexibility index (Phi) is 8.58. The van der Waals surface area contributed by atoms with Gasteiger partial charge in [-0.05, 0) is 149 Å². The van der Waals surface area contributed by atoms with Crippen LogP contribution in [0.4, 0.5) is 0 Å².